The summed E-state index contributed by atoms with van der Waals surface area (Å²) in [6, 6.07) is 5.64. The lowest BCUT2D eigenvalue weighted by Gasteiger charge is -2.42. The highest BCUT2D eigenvalue weighted by molar-refractivity contribution is 5.42. The molecule has 2 atom stereocenters. The van der Waals surface area contributed by atoms with Crippen LogP contribution in [0.25, 0.3) is 0 Å². The Kier molecular flexibility index (Phi) is 3.71. The van der Waals surface area contributed by atoms with Crippen molar-refractivity contribution >= 4 is 5.82 Å². The van der Waals surface area contributed by atoms with Crippen molar-refractivity contribution in [2.75, 3.05) is 32.0 Å². The lowest BCUT2D eigenvalue weighted by atomic mass is 10.1. The Hall–Kier alpha value is -1.13. The number of fused-ring (bicyclic) bond motifs is 1. The van der Waals surface area contributed by atoms with Crippen LogP contribution in [0.4, 0.5) is 5.82 Å². The number of pyridine rings is 1. The van der Waals surface area contributed by atoms with Gasteiger partial charge in [-0.1, -0.05) is 6.07 Å². The number of anilines is 1. The standard InChI is InChI=1S/C15H24N4/c1-12-9-18-8-4-6-14(18)11-19(12)10-13-5-3-7-17-15(13)16-2/h3,5,7,12,14H,4,6,8-11H2,1-2H3,(H,16,17). The molecule has 4 heteroatoms. The second-order valence-corrected chi connectivity index (χ2v) is 5.83. The molecule has 19 heavy (non-hydrogen) atoms. The topological polar surface area (TPSA) is 31.4 Å². The highest BCUT2D eigenvalue weighted by Crippen LogP contribution is 2.26. The lowest BCUT2D eigenvalue weighted by molar-refractivity contribution is 0.0541. The first-order chi connectivity index (χ1) is 9.28. The summed E-state index contributed by atoms with van der Waals surface area (Å²) < 4.78 is 0. The SMILES string of the molecule is CNc1ncccc1CN1CC2CCCN2CC1C. The van der Waals surface area contributed by atoms with Crippen molar-refractivity contribution in [3.05, 3.63) is 23.9 Å². The van der Waals surface area contributed by atoms with Crippen LogP contribution < -0.4 is 5.32 Å². The number of piperazine rings is 1. The Morgan fingerprint density at radius 2 is 2.32 bits per heavy atom. The van der Waals surface area contributed by atoms with Crippen LogP contribution in [-0.4, -0.2) is 53.5 Å². The molecule has 2 fully saturated rings. The number of hydrogen-bond acceptors (Lipinski definition) is 4. The second-order valence-electron chi connectivity index (χ2n) is 5.83. The number of hydrogen-bond donors (Lipinski definition) is 1. The van der Waals surface area contributed by atoms with Crippen molar-refractivity contribution in [3.63, 3.8) is 0 Å². The first-order valence-corrected chi connectivity index (χ1v) is 7.37. The van der Waals surface area contributed by atoms with Gasteiger partial charge >= 0.3 is 0 Å². The molecule has 0 spiro atoms. The first kappa shape index (κ1) is 12.9. The maximum absolute atomic E-state index is 4.41. The quantitative estimate of drug-likeness (QED) is 0.898. The summed E-state index contributed by atoms with van der Waals surface area (Å²) >= 11 is 0. The van der Waals surface area contributed by atoms with E-state index in [2.05, 4.69) is 33.1 Å². The van der Waals surface area contributed by atoms with Gasteiger partial charge in [0, 0.05) is 50.5 Å². The number of nitrogens with one attached hydrogen (secondary N) is 1. The van der Waals surface area contributed by atoms with Gasteiger partial charge in [-0.15, -0.1) is 0 Å². The van der Waals surface area contributed by atoms with E-state index in [9.17, 15) is 0 Å². The molecule has 2 saturated heterocycles. The number of aromatic nitrogens is 1. The second kappa shape index (κ2) is 5.47. The molecule has 2 unspecified atom stereocenters. The average Bonchev–Trinajstić information content (AvgIpc) is 2.87. The molecule has 1 N–H and O–H groups in total. The molecule has 1 aromatic heterocycles. The summed E-state index contributed by atoms with van der Waals surface area (Å²) in [4.78, 5) is 9.69. The summed E-state index contributed by atoms with van der Waals surface area (Å²) in [6.45, 7) is 7.09. The third-order valence-corrected chi connectivity index (χ3v) is 4.57. The minimum atomic E-state index is 0.638. The highest BCUT2D eigenvalue weighted by Gasteiger charge is 2.34. The summed E-state index contributed by atoms with van der Waals surface area (Å²) in [5.74, 6) is 1.02. The summed E-state index contributed by atoms with van der Waals surface area (Å²) in [6.07, 6.45) is 4.60. The van der Waals surface area contributed by atoms with Crippen molar-refractivity contribution in [2.45, 2.75) is 38.4 Å². The fourth-order valence-electron chi connectivity index (χ4n) is 3.48. The molecule has 0 radical (unpaired) electrons. The molecular formula is C15H24N4. The van der Waals surface area contributed by atoms with E-state index in [1.165, 1.54) is 38.0 Å². The monoisotopic (exact) mass is 260 g/mol. The Balaban J connectivity index is 1.72. The summed E-state index contributed by atoms with van der Waals surface area (Å²) in [5, 5.41) is 3.20. The maximum atomic E-state index is 4.41. The average molecular weight is 260 g/mol. The number of rotatable bonds is 3. The molecule has 2 aliphatic heterocycles. The minimum absolute atomic E-state index is 0.638. The van der Waals surface area contributed by atoms with Gasteiger partial charge in [0.15, 0.2) is 0 Å². The van der Waals surface area contributed by atoms with E-state index in [1.54, 1.807) is 0 Å². The van der Waals surface area contributed by atoms with Gasteiger partial charge in [0.05, 0.1) is 0 Å². The third-order valence-electron chi connectivity index (χ3n) is 4.57. The smallest absolute Gasteiger partial charge is 0.130 e. The van der Waals surface area contributed by atoms with Crippen LogP contribution in [0.2, 0.25) is 0 Å². The van der Waals surface area contributed by atoms with E-state index in [1.807, 2.05) is 19.3 Å². The molecule has 0 saturated carbocycles. The Morgan fingerprint density at radius 3 is 3.16 bits per heavy atom. The fraction of sp³-hybridized carbons (Fsp3) is 0.667. The van der Waals surface area contributed by atoms with Gasteiger partial charge in [-0.05, 0) is 32.4 Å². The Morgan fingerprint density at radius 1 is 1.42 bits per heavy atom. The van der Waals surface area contributed by atoms with Crippen LogP contribution in [0.1, 0.15) is 25.3 Å². The van der Waals surface area contributed by atoms with E-state index in [0.717, 1.165) is 18.4 Å². The minimum Gasteiger partial charge on any atom is -0.373 e. The van der Waals surface area contributed by atoms with Gasteiger partial charge in [-0.3, -0.25) is 9.80 Å². The zero-order valence-corrected chi connectivity index (χ0v) is 12.0. The van der Waals surface area contributed by atoms with Crippen LogP contribution >= 0.6 is 0 Å². The fourth-order valence-corrected chi connectivity index (χ4v) is 3.48. The van der Waals surface area contributed by atoms with Gasteiger partial charge in [-0.2, -0.15) is 0 Å². The molecule has 4 nitrogen and oxygen atoms in total. The Bertz CT molecular complexity index is 434. The largest absolute Gasteiger partial charge is 0.373 e. The Labute approximate surface area is 115 Å². The zero-order chi connectivity index (χ0) is 13.2. The van der Waals surface area contributed by atoms with Crippen LogP contribution in [0.5, 0.6) is 0 Å². The van der Waals surface area contributed by atoms with Gasteiger partial charge in [0.2, 0.25) is 0 Å². The molecule has 3 rings (SSSR count). The molecule has 3 heterocycles. The summed E-state index contributed by atoms with van der Waals surface area (Å²) in [7, 11) is 1.95. The van der Waals surface area contributed by atoms with Crippen molar-refractivity contribution in [3.8, 4) is 0 Å². The van der Waals surface area contributed by atoms with E-state index < -0.39 is 0 Å². The van der Waals surface area contributed by atoms with Crippen LogP contribution in [0.3, 0.4) is 0 Å². The van der Waals surface area contributed by atoms with E-state index in [0.29, 0.717) is 6.04 Å². The van der Waals surface area contributed by atoms with E-state index in [-0.39, 0.29) is 0 Å². The normalized spacial score (nSPS) is 28.3. The third kappa shape index (κ3) is 2.60. The molecule has 104 valence electrons. The van der Waals surface area contributed by atoms with Gasteiger partial charge in [0.1, 0.15) is 5.82 Å². The maximum Gasteiger partial charge on any atom is 0.130 e. The summed E-state index contributed by atoms with van der Waals surface area (Å²) in [5.41, 5.74) is 1.31. The predicted molar refractivity (Wildman–Crippen MR) is 78.3 cm³/mol. The van der Waals surface area contributed by atoms with Crippen molar-refractivity contribution in [1.82, 2.24) is 14.8 Å². The van der Waals surface area contributed by atoms with Crippen LogP contribution in [-0.2, 0) is 6.54 Å². The van der Waals surface area contributed by atoms with E-state index >= 15 is 0 Å². The van der Waals surface area contributed by atoms with Gasteiger partial charge in [-0.25, -0.2) is 4.98 Å². The van der Waals surface area contributed by atoms with Gasteiger partial charge < -0.3 is 5.32 Å². The zero-order valence-electron chi connectivity index (χ0n) is 12.0. The predicted octanol–water partition coefficient (Wildman–Crippen LogP) is 1.79. The molecule has 0 bridgehead atoms. The van der Waals surface area contributed by atoms with Crippen molar-refractivity contribution in [1.29, 1.82) is 0 Å². The highest BCUT2D eigenvalue weighted by atomic mass is 15.3. The number of nitrogens with zero attached hydrogens (tertiary/aromatic N) is 3. The van der Waals surface area contributed by atoms with Crippen LogP contribution in [0.15, 0.2) is 18.3 Å². The molecule has 0 aromatic carbocycles. The van der Waals surface area contributed by atoms with Crippen molar-refractivity contribution < 1.29 is 0 Å². The molecule has 1 aromatic rings. The van der Waals surface area contributed by atoms with Crippen molar-refractivity contribution in [2.24, 2.45) is 0 Å². The van der Waals surface area contributed by atoms with Gasteiger partial charge in [0.25, 0.3) is 0 Å². The lowest BCUT2D eigenvalue weighted by Crippen LogP contribution is -2.54. The van der Waals surface area contributed by atoms with Crippen LogP contribution in [0, 0.1) is 0 Å². The molecular weight excluding hydrogens is 236 g/mol. The molecule has 0 aliphatic carbocycles. The van der Waals surface area contributed by atoms with E-state index in [4.69, 9.17) is 0 Å². The molecule has 2 aliphatic rings. The first-order valence-electron chi connectivity index (χ1n) is 7.37. The molecule has 0 amide bonds.